The molecule has 0 rings (SSSR count). The molecule has 7 nitrogen and oxygen atoms in total. The van der Waals surface area contributed by atoms with Gasteiger partial charge in [-0.15, -0.1) is 0 Å². The van der Waals surface area contributed by atoms with E-state index in [4.69, 9.17) is 9.94 Å². The molecule has 0 aromatic carbocycles. The Bertz CT molecular complexity index is 208. The van der Waals surface area contributed by atoms with Crippen LogP contribution < -0.4 is 0 Å². The summed E-state index contributed by atoms with van der Waals surface area (Å²) in [5, 5.41) is 23.1. The van der Waals surface area contributed by atoms with Crippen molar-refractivity contribution in [1.29, 1.82) is 0 Å². The van der Waals surface area contributed by atoms with Gasteiger partial charge in [-0.05, 0) is 14.1 Å². The molecule has 1 atom stereocenters. The Kier molecular flexibility index (Phi) is 7.47. The summed E-state index contributed by atoms with van der Waals surface area (Å²) in [4.78, 5) is 11.7. The first-order chi connectivity index (χ1) is 7.10. The summed E-state index contributed by atoms with van der Waals surface area (Å²) in [5.41, 5.74) is 0. The van der Waals surface area contributed by atoms with Gasteiger partial charge in [-0.1, -0.05) is 10.3 Å². The van der Waals surface area contributed by atoms with Gasteiger partial charge in [0.15, 0.2) is 0 Å². The smallest absolute Gasteiger partial charge is 0.228 e. The second-order valence-electron chi connectivity index (χ2n) is 3.32. The molecule has 0 aromatic rings. The van der Waals surface area contributed by atoms with Crippen molar-refractivity contribution in [2.75, 3.05) is 33.8 Å². The SMILES string of the molecule is CN(C)CCOC(C[C@H](O)CN=O)=NO. The standard InChI is InChI=1S/C8H17N3O4/c1-11(2)3-4-15-8(10-14)5-7(12)6-9-13/h7,12,14H,3-6H2,1-2H3/t7-/m0/s1. The molecule has 0 saturated heterocycles. The number of hydrogen-bond acceptors (Lipinski definition) is 7. The summed E-state index contributed by atoms with van der Waals surface area (Å²) in [5.74, 6) is 0.00741. The van der Waals surface area contributed by atoms with Crippen LogP contribution in [0.15, 0.2) is 10.3 Å². The zero-order valence-corrected chi connectivity index (χ0v) is 8.96. The van der Waals surface area contributed by atoms with Crippen molar-refractivity contribution in [3.8, 4) is 0 Å². The van der Waals surface area contributed by atoms with Crippen LogP contribution in [0.3, 0.4) is 0 Å². The van der Waals surface area contributed by atoms with Gasteiger partial charge < -0.3 is 20.0 Å². The normalized spacial score (nSPS) is 14.0. The first kappa shape index (κ1) is 13.8. The van der Waals surface area contributed by atoms with Gasteiger partial charge >= 0.3 is 0 Å². The molecule has 88 valence electrons. The molecular formula is C8H17N3O4. The molecule has 0 aromatic heterocycles. The lowest BCUT2D eigenvalue weighted by Gasteiger charge is -2.12. The number of nitrogens with zero attached hydrogens (tertiary/aromatic N) is 3. The van der Waals surface area contributed by atoms with Gasteiger partial charge in [-0.2, -0.15) is 4.91 Å². The van der Waals surface area contributed by atoms with E-state index in [1.165, 1.54) is 0 Å². The fraction of sp³-hybridized carbons (Fsp3) is 0.875. The molecule has 15 heavy (non-hydrogen) atoms. The van der Waals surface area contributed by atoms with E-state index in [-0.39, 0.29) is 18.9 Å². The summed E-state index contributed by atoms with van der Waals surface area (Å²) in [6, 6.07) is 0. The highest BCUT2D eigenvalue weighted by Gasteiger charge is 2.11. The van der Waals surface area contributed by atoms with Crippen LogP contribution in [0.25, 0.3) is 0 Å². The molecule has 0 heterocycles. The Hall–Kier alpha value is -1.21. The Balaban J connectivity index is 3.78. The first-order valence-corrected chi connectivity index (χ1v) is 4.55. The second kappa shape index (κ2) is 8.13. The third kappa shape index (κ3) is 7.83. The van der Waals surface area contributed by atoms with Gasteiger partial charge in [-0.3, -0.25) is 0 Å². The lowest BCUT2D eigenvalue weighted by atomic mass is 10.2. The van der Waals surface area contributed by atoms with Crippen molar-refractivity contribution < 1.29 is 15.1 Å². The lowest BCUT2D eigenvalue weighted by Crippen LogP contribution is -2.23. The third-order valence-electron chi connectivity index (χ3n) is 1.61. The molecule has 0 unspecified atom stereocenters. The highest BCUT2D eigenvalue weighted by molar-refractivity contribution is 5.75. The van der Waals surface area contributed by atoms with Crippen molar-refractivity contribution in [2.45, 2.75) is 12.5 Å². The highest BCUT2D eigenvalue weighted by atomic mass is 16.5. The van der Waals surface area contributed by atoms with Gasteiger partial charge in [0.2, 0.25) is 5.90 Å². The minimum Gasteiger partial charge on any atom is -0.477 e. The van der Waals surface area contributed by atoms with Gasteiger partial charge in [0.25, 0.3) is 0 Å². The number of nitroso groups, excluding NO2 is 1. The van der Waals surface area contributed by atoms with Gasteiger partial charge in [-0.25, -0.2) is 0 Å². The highest BCUT2D eigenvalue weighted by Crippen LogP contribution is 1.97. The van der Waals surface area contributed by atoms with Crippen LogP contribution in [0.1, 0.15) is 6.42 Å². The average molecular weight is 219 g/mol. The maximum atomic E-state index is 9.83. The van der Waals surface area contributed by atoms with Crippen molar-refractivity contribution in [3.63, 3.8) is 0 Å². The van der Waals surface area contributed by atoms with Crippen molar-refractivity contribution >= 4 is 5.90 Å². The molecule has 0 radical (unpaired) electrons. The molecule has 0 aliphatic carbocycles. The average Bonchev–Trinajstić information content (AvgIpc) is 2.16. The molecular weight excluding hydrogens is 202 g/mol. The number of rotatable bonds is 7. The number of likely N-dealkylation sites (N-methyl/N-ethyl adjacent to an activating group) is 1. The number of aliphatic hydroxyl groups excluding tert-OH is 1. The van der Waals surface area contributed by atoms with Gasteiger partial charge in [0.05, 0.1) is 12.5 Å². The molecule has 2 N–H and O–H groups in total. The molecule has 0 spiro atoms. The minimum atomic E-state index is -0.965. The minimum absolute atomic E-state index is 0.00741. The number of oxime groups is 1. The number of aliphatic hydroxyl groups is 1. The fourth-order valence-corrected chi connectivity index (χ4v) is 0.827. The van der Waals surface area contributed by atoms with E-state index in [1.807, 2.05) is 19.0 Å². The van der Waals surface area contributed by atoms with E-state index in [2.05, 4.69) is 10.3 Å². The van der Waals surface area contributed by atoms with Crippen molar-refractivity contribution in [3.05, 3.63) is 4.91 Å². The Morgan fingerprint density at radius 2 is 2.20 bits per heavy atom. The van der Waals surface area contributed by atoms with E-state index in [1.54, 1.807) is 0 Å². The van der Waals surface area contributed by atoms with Crippen LogP contribution in [0.5, 0.6) is 0 Å². The largest absolute Gasteiger partial charge is 0.477 e. The second-order valence-corrected chi connectivity index (χ2v) is 3.32. The molecule has 0 fully saturated rings. The van der Waals surface area contributed by atoms with E-state index in [9.17, 15) is 10.0 Å². The van der Waals surface area contributed by atoms with E-state index in [0.717, 1.165) is 0 Å². The maximum absolute atomic E-state index is 9.83. The fourth-order valence-electron chi connectivity index (χ4n) is 0.827. The van der Waals surface area contributed by atoms with E-state index in [0.29, 0.717) is 13.2 Å². The zero-order chi connectivity index (χ0) is 11.7. The lowest BCUT2D eigenvalue weighted by molar-refractivity contribution is 0.165. The number of ether oxygens (including phenoxy) is 1. The topological polar surface area (TPSA) is 94.7 Å². The first-order valence-electron chi connectivity index (χ1n) is 4.55. The summed E-state index contributed by atoms with van der Waals surface area (Å²) in [6.45, 7) is 0.782. The zero-order valence-electron chi connectivity index (χ0n) is 8.96. The summed E-state index contributed by atoms with van der Waals surface area (Å²) >= 11 is 0. The molecule has 0 aliphatic heterocycles. The molecule has 0 bridgehead atoms. The monoisotopic (exact) mass is 219 g/mol. The quantitative estimate of drug-likeness (QED) is 0.204. The molecule has 7 heteroatoms. The Labute approximate surface area is 88.3 Å². The third-order valence-corrected chi connectivity index (χ3v) is 1.61. The molecule has 0 aliphatic rings. The van der Waals surface area contributed by atoms with Crippen molar-refractivity contribution in [2.24, 2.45) is 10.3 Å². The summed E-state index contributed by atoms with van der Waals surface area (Å²) < 4.78 is 5.07. The summed E-state index contributed by atoms with van der Waals surface area (Å²) in [7, 11) is 3.76. The van der Waals surface area contributed by atoms with Crippen LogP contribution in [0.4, 0.5) is 0 Å². The molecule has 0 saturated carbocycles. The maximum Gasteiger partial charge on any atom is 0.228 e. The van der Waals surface area contributed by atoms with Crippen LogP contribution in [0.2, 0.25) is 0 Å². The number of hydrogen-bond donors (Lipinski definition) is 2. The van der Waals surface area contributed by atoms with Crippen LogP contribution in [-0.4, -0.2) is 61.0 Å². The van der Waals surface area contributed by atoms with E-state index >= 15 is 0 Å². The predicted molar refractivity (Wildman–Crippen MR) is 55.0 cm³/mol. The van der Waals surface area contributed by atoms with E-state index < -0.39 is 6.10 Å². The van der Waals surface area contributed by atoms with Crippen LogP contribution in [-0.2, 0) is 4.74 Å². The summed E-state index contributed by atoms with van der Waals surface area (Å²) in [6.07, 6.45) is -0.983. The van der Waals surface area contributed by atoms with Gasteiger partial charge in [0.1, 0.15) is 13.2 Å². The Morgan fingerprint density at radius 1 is 1.53 bits per heavy atom. The van der Waals surface area contributed by atoms with Crippen molar-refractivity contribution in [1.82, 2.24) is 4.90 Å². The van der Waals surface area contributed by atoms with Gasteiger partial charge in [0, 0.05) is 6.54 Å². The molecule has 0 amide bonds. The van der Waals surface area contributed by atoms with Crippen LogP contribution in [0, 0.1) is 4.91 Å². The van der Waals surface area contributed by atoms with Crippen LogP contribution >= 0.6 is 0 Å². The predicted octanol–water partition coefficient (Wildman–Crippen LogP) is -0.130. The Morgan fingerprint density at radius 3 is 2.67 bits per heavy atom.